The van der Waals surface area contributed by atoms with Gasteiger partial charge in [0.25, 0.3) is 0 Å². The molecular formula is C22H27N5O4S. The molecule has 2 aromatic rings. The number of nitrogens with zero attached hydrogens (tertiary/aromatic N) is 5. The molecule has 10 heteroatoms. The van der Waals surface area contributed by atoms with E-state index in [0.717, 1.165) is 37.9 Å². The average Bonchev–Trinajstić information content (AvgIpc) is 3.52. The standard InChI is InChI=1S/C22H27N5O4S/c1-17-23-19(27(30)31)14-25(17)9-4-21(29)26-12-8-22(16-26)6-10-24(11-7-22)20(28)3-2-18-5-13-32-15-18/h2-3,5,13-15H,4,6-12,16H2,1H3. The van der Waals surface area contributed by atoms with Gasteiger partial charge in [-0.15, -0.1) is 0 Å². The van der Waals surface area contributed by atoms with Crippen LogP contribution < -0.4 is 0 Å². The molecule has 0 bridgehead atoms. The molecule has 2 aliphatic rings. The monoisotopic (exact) mass is 457 g/mol. The lowest BCUT2D eigenvalue weighted by molar-refractivity contribution is -0.389. The van der Waals surface area contributed by atoms with Gasteiger partial charge in [0.05, 0.1) is 0 Å². The Morgan fingerprint density at radius 2 is 1.97 bits per heavy atom. The van der Waals surface area contributed by atoms with Gasteiger partial charge in [-0.25, -0.2) is 0 Å². The van der Waals surface area contributed by atoms with Crippen molar-refractivity contribution < 1.29 is 14.5 Å². The predicted molar refractivity (Wildman–Crippen MR) is 121 cm³/mol. The fraction of sp³-hybridized carbons (Fsp3) is 0.500. The fourth-order valence-corrected chi connectivity index (χ4v) is 5.21. The minimum Gasteiger partial charge on any atom is -0.358 e. The van der Waals surface area contributed by atoms with Crippen molar-refractivity contribution >= 4 is 35.0 Å². The molecule has 1 spiro atoms. The average molecular weight is 458 g/mol. The predicted octanol–water partition coefficient (Wildman–Crippen LogP) is 3.11. The first-order valence-electron chi connectivity index (χ1n) is 10.8. The van der Waals surface area contributed by atoms with E-state index in [1.165, 1.54) is 6.20 Å². The molecule has 2 saturated heterocycles. The summed E-state index contributed by atoms with van der Waals surface area (Å²) in [7, 11) is 0. The molecule has 32 heavy (non-hydrogen) atoms. The van der Waals surface area contributed by atoms with E-state index in [9.17, 15) is 19.7 Å². The zero-order chi connectivity index (χ0) is 22.7. The van der Waals surface area contributed by atoms with Crippen LogP contribution in [0.2, 0.25) is 0 Å². The molecule has 0 unspecified atom stereocenters. The first kappa shape index (κ1) is 22.2. The molecule has 0 N–H and O–H groups in total. The largest absolute Gasteiger partial charge is 0.381 e. The number of rotatable bonds is 6. The molecule has 2 aliphatic heterocycles. The smallest absolute Gasteiger partial charge is 0.358 e. The third kappa shape index (κ3) is 4.90. The number of thiophene rings is 1. The molecule has 0 radical (unpaired) electrons. The first-order chi connectivity index (χ1) is 15.3. The second-order valence-electron chi connectivity index (χ2n) is 8.63. The van der Waals surface area contributed by atoms with E-state index in [1.807, 2.05) is 32.7 Å². The number of piperidine rings is 1. The Bertz CT molecular complexity index is 1020. The fourth-order valence-electron chi connectivity index (χ4n) is 4.58. The van der Waals surface area contributed by atoms with Crippen molar-refractivity contribution in [1.29, 1.82) is 0 Å². The van der Waals surface area contributed by atoms with Gasteiger partial charge in [-0.05, 0) is 63.1 Å². The quantitative estimate of drug-likeness (QED) is 0.377. The Kier molecular flexibility index (Phi) is 6.40. The van der Waals surface area contributed by atoms with E-state index >= 15 is 0 Å². The minimum absolute atomic E-state index is 0.0433. The normalized spacial score (nSPS) is 18.0. The van der Waals surface area contributed by atoms with Crippen molar-refractivity contribution in [2.45, 2.75) is 39.2 Å². The van der Waals surface area contributed by atoms with E-state index in [4.69, 9.17) is 0 Å². The molecular weight excluding hydrogens is 430 g/mol. The van der Waals surface area contributed by atoms with Crippen LogP contribution in [-0.2, 0) is 16.1 Å². The molecule has 0 saturated carbocycles. The minimum atomic E-state index is -0.523. The number of amides is 2. The summed E-state index contributed by atoms with van der Waals surface area (Å²) in [6, 6.07) is 1.99. The van der Waals surface area contributed by atoms with E-state index in [-0.39, 0.29) is 23.0 Å². The number of hydrogen-bond acceptors (Lipinski definition) is 6. The lowest BCUT2D eigenvalue weighted by Crippen LogP contribution is -2.44. The molecule has 0 atom stereocenters. The summed E-state index contributed by atoms with van der Waals surface area (Å²) in [6.45, 7) is 4.97. The van der Waals surface area contributed by atoms with Gasteiger partial charge in [-0.2, -0.15) is 11.3 Å². The van der Waals surface area contributed by atoms with Crippen LogP contribution in [0.3, 0.4) is 0 Å². The van der Waals surface area contributed by atoms with Crippen LogP contribution >= 0.6 is 11.3 Å². The van der Waals surface area contributed by atoms with E-state index in [1.54, 1.807) is 28.9 Å². The van der Waals surface area contributed by atoms with Crippen LogP contribution in [0.4, 0.5) is 5.82 Å². The van der Waals surface area contributed by atoms with Crippen LogP contribution in [0.5, 0.6) is 0 Å². The van der Waals surface area contributed by atoms with Crippen LogP contribution in [0.25, 0.3) is 6.08 Å². The Labute approximate surface area is 190 Å². The summed E-state index contributed by atoms with van der Waals surface area (Å²) >= 11 is 1.61. The summed E-state index contributed by atoms with van der Waals surface area (Å²) in [5, 5.41) is 14.9. The highest BCUT2D eigenvalue weighted by molar-refractivity contribution is 7.08. The van der Waals surface area contributed by atoms with Crippen molar-refractivity contribution in [2.24, 2.45) is 5.41 Å². The lowest BCUT2D eigenvalue weighted by atomic mass is 9.78. The maximum atomic E-state index is 12.8. The van der Waals surface area contributed by atoms with Crippen LogP contribution in [0.15, 0.2) is 29.1 Å². The summed E-state index contributed by atoms with van der Waals surface area (Å²) in [5.74, 6) is 0.450. The summed E-state index contributed by atoms with van der Waals surface area (Å²) in [4.78, 5) is 43.3. The first-order valence-corrected chi connectivity index (χ1v) is 11.7. The second-order valence-corrected chi connectivity index (χ2v) is 9.41. The van der Waals surface area contributed by atoms with Crippen LogP contribution in [0.1, 0.15) is 37.1 Å². The number of aryl methyl sites for hydroxylation is 2. The van der Waals surface area contributed by atoms with Crippen molar-refractivity contribution in [3.63, 3.8) is 0 Å². The highest BCUT2D eigenvalue weighted by Crippen LogP contribution is 2.40. The summed E-state index contributed by atoms with van der Waals surface area (Å²) in [5.41, 5.74) is 1.13. The number of carbonyl (C=O) groups is 2. The van der Waals surface area contributed by atoms with Crippen molar-refractivity contribution in [1.82, 2.24) is 19.4 Å². The Morgan fingerprint density at radius 1 is 1.25 bits per heavy atom. The second kappa shape index (κ2) is 9.23. The third-order valence-corrected chi connectivity index (χ3v) is 7.31. The zero-order valence-corrected chi connectivity index (χ0v) is 18.9. The van der Waals surface area contributed by atoms with Gasteiger partial charge in [0, 0.05) is 52.1 Å². The topological polar surface area (TPSA) is 102 Å². The van der Waals surface area contributed by atoms with Gasteiger partial charge in [0.2, 0.25) is 17.6 Å². The highest BCUT2D eigenvalue weighted by Gasteiger charge is 2.42. The maximum Gasteiger partial charge on any atom is 0.381 e. The highest BCUT2D eigenvalue weighted by atomic mass is 32.1. The molecule has 2 fully saturated rings. The van der Waals surface area contributed by atoms with Gasteiger partial charge in [0.15, 0.2) is 0 Å². The van der Waals surface area contributed by atoms with Gasteiger partial charge >= 0.3 is 5.82 Å². The van der Waals surface area contributed by atoms with Crippen molar-refractivity contribution in [3.8, 4) is 0 Å². The third-order valence-electron chi connectivity index (χ3n) is 6.61. The Hall–Kier alpha value is -3.01. The maximum absolute atomic E-state index is 12.8. The van der Waals surface area contributed by atoms with E-state index < -0.39 is 4.92 Å². The molecule has 9 nitrogen and oxygen atoms in total. The number of carbonyl (C=O) groups excluding carboxylic acids is 2. The summed E-state index contributed by atoms with van der Waals surface area (Å²) in [6.07, 6.45) is 7.95. The van der Waals surface area contributed by atoms with E-state index in [2.05, 4.69) is 4.98 Å². The Balaban J connectivity index is 1.25. The molecule has 2 aromatic heterocycles. The van der Waals surface area contributed by atoms with Crippen LogP contribution in [-0.4, -0.2) is 62.3 Å². The van der Waals surface area contributed by atoms with Gasteiger partial charge in [-0.3, -0.25) is 9.59 Å². The molecule has 170 valence electrons. The van der Waals surface area contributed by atoms with Gasteiger partial charge in [-0.1, -0.05) is 0 Å². The molecule has 0 aromatic carbocycles. The van der Waals surface area contributed by atoms with Crippen molar-refractivity contribution in [3.05, 3.63) is 50.6 Å². The van der Waals surface area contributed by atoms with E-state index in [0.29, 0.717) is 31.9 Å². The molecule has 4 heterocycles. The molecule has 0 aliphatic carbocycles. The number of hydrogen-bond donors (Lipinski definition) is 0. The van der Waals surface area contributed by atoms with Crippen molar-refractivity contribution in [2.75, 3.05) is 26.2 Å². The lowest BCUT2D eigenvalue weighted by Gasteiger charge is -2.39. The number of imidazole rings is 1. The van der Waals surface area contributed by atoms with Gasteiger partial charge in [0.1, 0.15) is 6.20 Å². The molecule has 4 rings (SSSR count). The van der Waals surface area contributed by atoms with Crippen LogP contribution in [0, 0.1) is 22.5 Å². The number of nitro groups is 1. The number of likely N-dealkylation sites (tertiary alicyclic amines) is 2. The zero-order valence-electron chi connectivity index (χ0n) is 18.1. The van der Waals surface area contributed by atoms with Gasteiger partial charge < -0.3 is 24.5 Å². The SMILES string of the molecule is Cc1nc([N+](=O)[O-])cn1CCC(=O)N1CCC2(CCN(C(=O)C=Cc3ccsc3)CC2)C1. The molecule has 2 amide bonds. The number of aromatic nitrogens is 2. The Morgan fingerprint density at radius 3 is 2.59 bits per heavy atom. The summed E-state index contributed by atoms with van der Waals surface area (Å²) < 4.78 is 1.66.